The minimum atomic E-state index is -1.01. The maximum absolute atomic E-state index is 7.14. The molecule has 0 bridgehead atoms. The van der Waals surface area contributed by atoms with Crippen LogP contribution in [-0.4, -0.2) is 54.1 Å². The average Bonchev–Trinajstić information content (AvgIpc) is 3.72. The molecule has 0 N–H and O–H groups in total. The van der Waals surface area contributed by atoms with E-state index < -0.39 is 30.5 Å². The predicted molar refractivity (Wildman–Crippen MR) is 167 cm³/mol. The van der Waals surface area contributed by atoms with Crippen molar-refractivity contribution in [2.24, 2.45) is 5.92 Å². The molecule has 4 atom stereocenters. The highest BCUT2D eigenvalue weighted by Crippen LogP contribution is 2.56. The zero-order valence-electron chi connectivity index (χ0n) is 25.0. The van der Waals surface area contributed by atoms with Crippen LogP contribution in [0.4, 0.5) is 0 Å². The summed E-state index contributed by atoms with van der Waals surface area (Å²) in [4.78, 5) is 0. The first-order valence-corrected chi connectivity index (χ1v) is 14.9. The van der Waals surface area contributed by atoms with Crippen molar-refractivity contribution >= 4 is 7.12 Å². The molecule has 1 saturated heterocycles. The quantitative estimate of drug-likeness (QED) is 0.103. The van der Waals surface area contributed by atoms with E-state index in [-0.39, 0.29) is 12.6 Å². The first-order valence-electron chi connectivity index (χ1n) is 14.9. The lowest BCUT2D eigenvalue weighted by Crippen LogP contribution is -2.56. The first kappa shape index (κ1) is 29.8. The average molecular weight is 579 g/mol. The lowest BCUT2D eigenvalue weighted by Gasteiger charge is -2.47. The second-order valence-corrected chi connectivity index (χ2v) is 11.3. The number of ether oxygens (including phenoxy) is 4. The lowest BCUT2D eigenvalue weighted by molar-refractivity contribution is -0.136. The van der Waals surface area contributed by atoms with E-state index >= 15 is 0 Å². The van der Waals surface area contributed by atoms with Crippen molar-refractivity contribution < 1.29 is 28.3 Å². The van der Waals surface area contributed by atoms with Gasteiger partial charge in [0.25, 0.3) is 0 Å². The zero-order valence-corrected chi connectivity index (χ0v) is 25.0. The van der Waals surface area contributed by atoms with Gasteiger partial charge < -0.3 is 28.3 Å². The van der Waals surface area contributed by atoms with Gasteiger partial charge in [0.2, 0.25) is 0 Å². The second-order valence-electron chi connectivity index (χ2n) is 11.3. The molecule has 222 valence electrons. The van der Waals surface area contributed by atoms with E-state index in [9.17, 15) is 0 Å². The highest BCUT2D eigenvalue weighted by Gasteiger charge is 2.65. The summed E-state index contributed by atoms with van der Waals surface area (Å²) in [5.74, 6) is 0.488. The number of methoxy groups -OCH3 is 3. The van der Waals surface area contributed by atoms with Gasteiger partial charge in [0.05, 0.1) is 6.61 Å². The van der Waals surface area contributed by atoms with Gasteiger partial charge in [-0.1, -0.05) is 121 Å². The van der Waals surface area contributed by atoms with Gasteiger partial charge in [-0.25, -0.2) is 0 Å². The second kappa shape index (κ2) is 13.1. The molecule has 4 aromatic rings. The van der Waals surface area contributed by atoms with Crippen molar-refractivity contribution in [3.05, 3.63) is 144 Å². The molecule has 0 radical (unpaired) electrons. The Kier molecular flexibility index (Phi) is 9.10. The van der Waals surface area contributed by atoms with Crippen LogP contribution in [0, 0.1) is 5.92 Å². The smallest absolute Gasteiger partial charge is 0.402 e. The van der Waals surface area contributed by atoms with Crippen molar-refractivity contribution in [3.63, 3.8) is 0 Å². The van der Waals surface area contributed by atoms with Crippen molar-refractivity contribution in [3.8, 4) is 0 Å². The molecule has 1 aliphatic carbocycles. The van der Waals surface area contributed by atoms with Crippen molar-refractivity contribution in [1.82, 2.24) is 0 Å². The Hall–Kier alpha value is -3.30. The number of benzene rings is 4. The Balaban J connectivity index is 1.54. The summed E-state index contributed by atoms with van der Waals surface area (Å²) in [5.41, 5.74) is 1.89. The fourth-order valence-electron chi connectivity index (χ4n) is 6.80. The molecule has 1 aliphatic heterocycles. The summed E-state index contributed by atoms with van der Waals surface area (Å²) < 4.78 is 38.5. The van der Waals surface area contributed by atoms with Crippen LogP contribution in [0.2, 0.25) is 5.82 Å². The third-order valence-electron chi connectivity index (χ3n) is 8.95. The highest BCUT2D eigenvalue weighted by atomic mass is 16.7. The van der Waals surface area contributed by atoms with E-state index in [4.69, 9.17) is 28.3 Å². The molecule has 2 fully saturated rings. The van der Waals surface area contributed by atoms with Crippen molar-refractivity contribution in [1.29, 1.82) is 0 Å². The molecule has 1 heterocycles. The number of hydrogen-bond donors (Lipinski definition) is 0. The third-order valence-corrected chi connectivity index (χ3v) is 8.95. The molecule has 0 amide bonds. The van der Waals surface area contributed by atoms with Gasteiger partial charge in [-0.3, -0.25) is 0 Å². The minimum absolute atomic E-state index is 0.173. The topological polar surface area (TPSA) is 55.4 Å². The van der Waals surface area contributed by atoms with E-state index in [1.807, 2.05) is 72.8 Å². The zero-order chi connectivity index (χ0) is 29.7. The molecular weight excluding hydrogens is 539 g/mol. The van der Waals surface area contributed by atoms with E-state index in [1.165, 1.54) is 0 Å². The number of rotatable bonds is 13. The molecule has 7 heteroatoms. The van der Waals surface area contributed by atoms with Crippen LogP contribution in [0.3, 0.4) is 0 Å². The van der Waals surface area contributed by atoms with Crippen molar-refractivity contribution in [2.45, 2.75) is 35.6 Å². The highest BCUT2D eigenvalue weighted by molar-refractivity contribution is 6.48. The summed E-state index contributed by atoms with van der Waals surface area (Å²) in [5, 5.41) is 0. The predicted octanol–water partition coefficient (Wildman–Crippen LogP) is 6.45. The van der Waals surface area contributed by atoms with Gasteiger partial charge in [0.1, 0.15) is 30.2 Å². The van der Waals surface area contributed by atoms with Crippen LogP contribution in [-0.2, 0) is 39.5 Å². The molecule has 6 nitrogen and oxygen atoms in total. The molecule has 0 aromatic heterocycles. The van der Waals surface area contributed by atoms with Crippen LogP contribution in [0.5, 0.6) is 0 Å². The summed E-state index contributed by atoms with van der Waals surface area (Å²) >= 11 is 0. The van der Waals surface area contributed by atoms with Crippen molar-refractivity contribution in [2.75, 3.05) is 34.7 Å². The fraction of sp³-hybridized carbons (Fsp3) is 0.333. The molecule has 1 saturated carbocycles. The molecule has 0 unspecified atom stereocenters. The SMILES string of the molecule is COCOC[C@@H]1C[C@@H]1B1O[C@@H](C(OC)(c2ccccc2)c2ccccc2)[C@H](C(OC)(c2ccccc2)c2ccccc2)O1. The van der Waals surface area contributed by atoms with Crippen LogP contribution in [0.15, 0.2) is 121 Å². The normalized spacial score (nSPS) is 22.1. The molecule has 2 aliphatic rings. The van der Waals surface area contributed by atoms with Gasteiger partial charge in [0, 0.05) is 21.3 Å². The minimum Gasteiger partial charge on any atom is -0.402 e. The van der Waals surface area contributed by atoms with Gasteiger partial charge in [-0.15, -0.1) is 0 Å². The number of hydrogen-bond acceptors (Lipinski definition) is 6. The maximum Gasteiger partial charge on any atom is 0.461 e. The Bertz CT molecular complexity index is 1240. The van der Waals surface area contributed by atoms with Gasteiger partial charge in [0.15, 0.2) is 0 Å². The first-order chi connectivity index (χ1) is 21.2. The molecular formula is C36H39BO6. The van der Waals surface area contributed by atoms with Crippen LogP contribution < -0.4 is 0 Å². The lowest BCUT2D eigenvalue weighted by atomic mass is 9.71. The van der Waals surface area contributed by atoms with Gasteiger partial charge in [-0.2, -0.15) is 0 Å². The summed E-state index contributed by atoms with van der Waals surface area (Å²) in [6.45, 7) is 0.862. The molecule has 6 rings (SSSR count). The summed E-state index contributed by atoms with van der Waals surface area (Å²) in [6.07, 6.45) is -0.233. The van der Waals surface area contributed by atoms with Crippen LogP contribution in [0.1, 0.15) is 28.7 Å². The Morgan fingerprint density at radius 2 is 0.977 bits per heavy atom. The van der Waals surface area contributed by atoms with E-state index in [0.29, 0.717) is 12.5 Å². The maximum atomic E-state index is 7.14. The molecule has 4 aromatic carbocycles. The Labute approximate surface area is 255 Å². The summed E-state index contributed by atoms with van der Waals surface area (Å²) in [6, 6.07) is 41.2. The third kappa shape index (κ3) is 5.46. The van der Waals surface area contributed by atoms with E-state index in [2.05, 4.69) is 48.5 Å². The van der Waals surface area contributed by atoms with E-state index in [0.717, 1.165) is 28.7 Å². The van der Waals surface area contributed by atoms with E-state index in [1.54, 1.807) is 21.3 Å². The standard InChI is InChI=1S/C36H39BO6/c1-38-26-41-25-27-24-32(27)37-42-33(35(39-2,28-16-8-4-9-17-28)29-18-10-5-11-19-29)34(43-37)36(40-3,30-20-12-6-13-21-30)31-22-14-7-15-23-31/h4-23,27,32-34H,24-26H2,1-3H3/t27-,32-,33+,34+/m0/s1. The largest absolute Gasteiger partial charge is 0.461 e. The molecule has 43 heavy (non-hydrogen) atoms. The van der Waals surface area contributed by atoms with Gasteiger partial charge in [-0.05, 0) is 40.4 Å². The Morgan fingerprint density at radius 3 is 1.30 bits per heavy atom. The van der Waals surface area contributed by atoms with Crippen LogP contribution >= 0.6 is 0 Å². The monoisotopic (exact) mass is 578 g/mol. The van der Waals surface area contributed by atoms with Crippen LogP contribution in [0.25, 0.3) is 0 Å². The Morgan fingerprint density at radius 1 is 0.605 bits per heavy atom. The fourth-order valence-corrected chi connectivity index (χ4v) is 6.80. The van der Waals surface area contributed by atoms with Gasteiger partial charge >= 0.3 is 7.12 Å². The molecule has 0 spiro atoms. The summed E-state index contributed by atoms with van der Waals surface area (Å²) in [7, 11) is 4.67.